The average molecular weight is 513 g/mol. The number of rotatable bonds is 4. The van der Waals surface area contributed by atoms with Crippen LogP contribution >= 0.6 is 23.5 Å². The molecule has 1 saturated heterocycles. The molecule has 0 aliphatic carbocycles. The zero-order valence-electron chi connectivity index (χ0n) is 19.5. The highest BCUT2D eigenvalue weighted by atomic mass is 32.2. The maximum absolute atomic E-state index is 12.4. The Hall–Kier alpha value is -3.62. The Labute approximate surface area is 218 Å². The zero-order valence-corrected chi connectivity index (χ0v) is 21.1. The summed E-state index contributed by atoms with van der Waals surface area (Å²) >= 11 is 2.83. The number of carbonyl (C=O) groups is 2. The van der Waals surface area contributed by atoms with Gasteiger partial charge in [-0.2, -0.15) is 9.98 Å². The molecule has 8 heteroatoms. The zero-order chi connectivity index (χ0) is 24.7. The first-order valence-corrected chi connectivity index (χ1v) is 13.3. The number of amidine groups is 2. The number of carbonyl (C=O) groups excluding carboxylic acids is 2. The number of nitrogens with zero attached hydrogens (tertiary/aromatic N) is 4. The van der Waals surface area contributed by atoms with Crippen molar-refractivity contribution in [1.29, 1.82) is 0 Å². The van der Waals surface area contributed by atoms with Gasteiger partial charge in [-0.05, 0) is 46.8 Å². The topological polar surface area (TPSA) is 65.3 Å². The molecule has 0 spiro atoms. The number of piperazine rings is 1. The van der Waals surface area contributed by atoms with Crippen molar-refractivity contribution in [2.24, 2.45) is 9.98 Å². The Balaban J connectivity index is 1.13. The Morgan fingerprint density at radius 1 is 0.611 bits per heavy atom. The van der Waals surface area contributed by atoms with Gasteiger partial charge in [-0.1, -0.05) is 85.0 Å². The molecular weight excluding hydrogens is 488 g/mol. The molecule has 0 bridgehead atoms. The lowest BCUT2D eigenvalue weighted by Crippen LogP contribution is -2.49. The summed E-state index contributed by atoms with van der Waals surface area (Å²) in [5.74, 6) is -0.399. The third kappa shape index (κ3) is 5.95. The van der Waals surface area contributed by atoms with Crippen molar-refractivity contribution in [3.63, 3.8) is 0 Å². The normalized spacial score (nSPS) is 20.9. The number of hydrogen-bond acceptors (Lipinski definition) is 6. The predicted octanol–water partition coefficient (Wildman–Crippen LogP) is 5.06. The van der Waals surface area contributed by atoms with Crippen LogP contribution in [0.15, 0.2) is 105 Å². The molecule has 0 atom stereocenters. The van der Waals surface area contributed by atoms with E-state index in [1.165, 1.54) is 23.5 Å². The second kappa shape index (κ2) is 11.4. The van der Waals surface area contributed by atoms with Crippen molar-refractivity contribution in [2.75, 3.05) is 26.2 Å². The third-order valence-corrected chi connectivity index (χ3v) is 7.84. The fraction of sp³-hybridized carbons (Fsp3) is 0.143. The molecule has 5 rings (SSSR count). The molecule has 3 heterocycles. The van der Waals surface area contributed by atoms with E-state index in [-0.39, 0.29) is 11.8 Å². The summed E-state index contributed by atoms with van der Waals surface area (Å²) < 4.78 is 0. The standard InChI is InChI=1S/C28H24N4O2S2/c33-25-23(15-7-13-21-9-3-1-4-10-21)35-27(29-25)31-17-19-32(20-18-31)28-30-26(34)24(36-28)16-8-14-22-11-5-2-6-12-22/h1-16H,17-20H2/b13-7+,14-8+,23-15+,24-16+. The summed E-state index contributed by atoms with van der Waals surface area (Å²) in [7, 11) is 0. The van der Waals surface area contributed by atoms with Gasteiger partial charge >= 0.3 is 0 Å². The smallest absolute Gasteiger partial charge is 0.286 e. The number of hydrogen-bond donors (Lipinski definition) is 0. The summed E-state index contributed by atoms with van der Waals surface area (Å²) in [6.45, 7) is 2.86. The van der Waals surface area contributed by atoms with Crippen LogP contribution in [-0.2, 0) is 9.59 Å². The number of thioether (sulfide) groups is 2. The number of benzene rings is 2. The molecule has 3 aliphatic heterocycles. The fourth-order valence-corrected chi connectivity index (χ4v) is 5.64. The lowest BCUT2D eigenvalue weighted by molar-refractivity contribution is -0.114. The summed E-state index contributed by atoms with van der Waals surface area (Å²) in [5, 5.41) is 1.48. The van der Waals surface area contributed by atoms with Crippen LogP contribution in [0.2, 0.25) is 0 Å². The quantitative estimate of drug-likeness (QED) is 0.534. The molecule has 2 aromatic rings. The lowest BCUT2D eigenvalue weighted by Gasteiger charge is -2.35. The van der Waals surface area contributed by atoms with Gasteiger partial charge < -0.3 is 9.80 Å². The van der Waals surface area contributed by atoms with E-state index in [9.17, 15) is 9.59 Å². The highest BCUT2D eigenvalue weighted by Gasteiger charge is 2.31. The van der Waals surface area contributed by atoms with Crippen molar-refractivity contribution in [3.8, 4) is 0 Å². The van der Waals surface area contributed by atoms with Crippen molar-refractivity contribution in [1.82, 2.24) is 9.80 Å². The van der Waals surface area contributed by atoms with Crippen LogP contribution < -0.4 is 0 Å². The van der Waals surface area contributed by atoms with Crippen LogP contribution in [0, 0.1) is 0 Å². The van der Waals surface area contributed by atoms with Gasteiger partial charge in [-0.15, -0.1) is 0 Å². The van der Waals surface area contributed by atoms with Gasteiger partial charge in [0.25, 0.3) is 11.8 Å². The molecule has 6 nitrogen and oxygen atoms in total. The van der Waals surface area contributed by atoms with Gasteiger partial charge in [0, 0.05) is 26.2 Å². The number of amides is 2. The Kier molecular flexibility index (Phi) is 7.64. The molecule has 0 N–H and O–H groups in total. The Morgan fingerprint density at radius 2 is 1.00 bits per heavy atom. The highest BCUT2D eigenvalue weighted by Crippen LogP contribution is 2.31. The Bertz CT molecular complexity index is 1220. The molecule has 36 heavy (non-hydrogen) atoms. The van der Waals surface area contributed by atoms with Gasteiger partial charge in [0.05, 0.1) is 9.81 Å². The Morgan fingerprint density at radius 3 is 1.39 bits per heavy atom. The largest absolute Gasteiger partial charge is 0.347 e. The van der Waals surface area contributed by atoms with Crippen LogP contribution in [0.25, 0.3) is 12.2 Å². The molecule has 0 radical (unpaired) electrons. The van der Waals surface area contributed by atoms with E-state index in [4.69, 9.17) is 0 Å². The summed E-state index contributed by atoms with van der Waals surface area (Å²) in [6, 6.07) is 19.9. The van der Waals surface area contributed by atoms with E-state index in [0.717, 1.165) is 21.5 Å². The van der Waals surface area contributed by atoms with E-state index >= 15 is 0 Å². The van der Waals surface area contributed by atoms with E-state index in [0.29, 0.717) is 36.0 Å². The van der Waals surface area contributed by atoms with Gasteiger partial charge in [-0.25, -0.2) is 0 Å². The van der Waals surface area contributed by atoms with Gasteiger partial charge in [0.15, 0.2) is 10.3 Å². The number of allylic oxidation sites excluding steroid dienone is 4. The SMILES string of the molecule is O=C1N=C(N2CCN(C3=NC(=O)/C(=C\C=C\c4ccccc4)S3)CC2)S/C1=C/C=C/c1ccccc1. The predicted molar refractivity (Wildman–Crippen MR) is 150 cm³/mol. The van der Waals surface area contributed by atoms with Crippen molar-refractivity contribution in [2.45, 2.75) is 0 Å². The van der Waals surface area contributed by atoms with Gasteiger partial charge in [0.1, 0.15) is 0 Å². The molecule has 2 aromatic carbocycles. The second-order valence-corrected chi connectivity index (χ2v) is 10.2. The van der Waals surface area contributed by atoms with E-state index in [1.54, 1.807) is 0 Å². The summed E-state index contributed by atoms with van der Waals surface area (Å²) in [4.78, 5) is 38.8. The second-order valence-electron chi connectivity index (χ2n) is 8.18. The number of aliphatic imine (C=N–C) groups is 2. The van der Waals surface area contributed by atoms with Gasteiger partial charge in [-0.3, -0.25) is 9.59 Å². The fourth-order valence-electron chi connectivity index (χ4n) is 3.81. The lowest BCUT2D eigenvalue weighted by atomic mass is 10.2. The molecule has 3 aliphatic rings. The minimum Gasteiger partial charge on any atom is -0.347 e. The highest BCUT2D eigenvalue weighted by molar-refractivity contribution is 8.18. The van der Waals surface area contributed by atoms with Crippen molar-refractivity contribution in [3.05, 3.63) is 106 Å². The van der Waals surface area contributed by atoms with E-state index in [1.807, 2.05) is 97.1 Å². The first-order valence-electron chi connectivity index (χ1n) is 11.6. The molecule has 2 amide bonds. The molecule has 0 saturated carbocycles. The summed E-state index contributed by atoms with van der Waals surface area (Å²) in [6.07, 6.45) is 11.4. The van der Waals surface area contributed by atoms with E-state index in [2.05, 4.69) is 19.8 Å². The van der Waals surface area contributed by atoms with Crippen molar-refractivity contribution >= 4 is 57.8 Å². The minimum atomic E-state index is -0.199. The maximum Gasteiger partial charge on any atom is 0.286 e. The first-order chi connectivity index (χ1) is 17.7. The van der Waals surface area contributed by atoms with E-state index < -0.39 is 0 Å². The monoisotopic (exact) mass is 512 g/mol. The van der Waals surface area contributed by atoms with Crippen LogP contribution in [0.1, 0.15) is 11.1 Å². The molecule has 180 valence electrons. The van der Waals surface area contributed by atoms with Crippen molar-refractivity contribution < 1.29 is 9.59 Å². The molecule has 0 unspecified atom stereocenters. The molecule has 1 fully saturated rings. The summed E-state index contributed by atoms with van der Waals surface area (Å²) in [5.41, 5.74) is 2.16. The average Bonchev–Trinajstić information content (AvgIpc) is 3.47. The van der Waals surface area contributed by atoms with Gasteiger partial charge in [0.2, 0.25) is 0 Å². The van der Waals surface area contributed by atoms with Crippen LogP contribution in [0.4, 0.5) is 0 Å². The maximum atomic E-state index is 12.4. The molecular formula is C28H24N4O2S2. The first kappa shape index (κ1) is 24.1. The third-order valence-electron chi connectivity index (χ3n) is 5.71. The minimum absolute atomic E-state index is 0.199. The van der Waals surface area contributed by atoms with Crippen LogP contribution in [0.5, 0.6) is 0 Å². The van der Waals surface area contributed by atoms with Crippen LogP contribution in [0.3, 0.4) is 0 Å². The van der Waals surface area contributed by atoms with Crippen LogP contribution in [-0.4, -0.2) is 58.1 Å². The molecule has 0 aromatic heterocycles.